The highest BCUT2D eigenvalue weighted by Gasteiger charge is 2.28. The monoisotopic (exact) mass is 370 g/mol. The average molecular weight is 370 g/mol. The normalized spacial score (nSPS) is 16.0. The lowest BCUT2D eigenvalue weighted by Gasteiger charge is -2.24. The molecule has 0 spiro atoms. The maximum atomic E-state index is 13.2. The summed E-state index contributed by atoms with van der Waals surface area (Å²) in [5.41, 5.74) is 2.66. The van der Waals surface area contributed by atoms with Gasteiger partial charge in [0.2, 0.25) is 0 Å². The molecule has 8 heteroatoms. The van der Waals surface area contributed by atoms with Crippen LogP contribution < -0.4 is 5.32 Å². The van der Waals surface area contributed by atoms with Gasteiger partial charge in [-0.05, 0) is 48.4 Å². The molecule has 0 unspecified atom stereocenters. The number of anilines is 1. The largest absolute Gasteiger partial charge is 0.365 e. The van der Waals surface area contributed by atoms with Crippen LogP contribution in [0, 0.1) is 18.6 Å². The fourth-order valence-corrected chi connectivity index (χ4v) is 3.02. The van der Waals surface area contributed by atoms with Crippen molar-refractivity contribution in [1.82, 2.24) is 15.0 Å². The van der Waals surface area contributed by atoms with Crippen LogP contribution in [0.25, 0.3) is 0 Å². The molecular formula is C19H16F2N4O2. The van der Waals surface area contributed by atoms with E-state index in [1.165, 1.54) is 30.3 Å². The van der Waals surface area contributed by atoms with Gasteiger partial charge in [-0.25, -0.2) is 13.5 Å². The predicted molar refractivity (Wildman–Crippen MR) is 93.0 cm³/mol. The van der Waals surface area contributed by atoms with Crippen LogP contribution in [0.3, 0.4) is 0 Å². The summed E-state index contributed by atoms with van der Waals surface area (Å²) < 4.78 is 33.7. The first kappa shape index (κ1) is 17.3. The van der Waals surface area contributed by atoms with E-state index in [2.05, 4.69) is 15.6 Å². The Morgan fingerprint density at radius 2 is 1.93 bits per heavy atom. The Kier molecular flexibility index (Phi) is 4.41. The highest BCUT2D eigenvalue weighted by molar-refractivity contribution is 6.03. The van der Waals surface area contributed by atoms with E-state index in [0.29, 0.717) is 23.5 Å². The lowest BCUT2D eigenvalue weighted by Crippen LogP contribution is -2.24. The number of ether oxygens (including phenoxy) is 1. The Morgan fingerprint density at radius 1 is 1.19 bits per heavy atom. The molecule has 1 aliphatic heterocycles. The summed E-state index contributed by atoms with van der Waals surface area (Å²) in [5.74, 6) is -1.12. The summed E-state index contributed by atoms with van der Waals surface area (Å²) in [4.78, 5) is 12.6. The summed E-state index contributed by atoms with van der Waals surface area (Å²) >= 11 is 0. The highest BCUT2D eigenvalue weighted by atomic mass is 19.1. The van der Waals surface area contributed by atoms with Gasteiger partial charge in [-0.1, -0.05) is 17.3 Å². The molecule has 2 heterocycles. The summed E-state index contributed by atoms with van der Waals surface area (Å²) in [6.45, 7) is 2.23. The number of aromatic nitrogens is 3. The zero-order chi connectivity index (χ0) is 19.0. The van der Waals surface area contributed by atoms with Crippen molar-refractivity contribution in [3.63, 3.8) is 0 Å². The van der Waals surface area contributed by atoms with E-state index in [1.807, 2.05) is 0 Å². The number of carbonyl (C=O) groups is 1. The van der Waals surface area contributed by atoms with Crippen LogP contribution in [0.4, 0.5) is 14.5 Å². The number of nitrogens with one attached hydrogen (secondary N) is 1. The molecule has 6 nitrogen and oxygen atoms in total. The fourth-order valence-electron chi connectivity index (χ4n) is 3.02. The van der Waals surface area contributed by atoms with Crippen molar-refractivity contribution in [3.05, 3.63) is 76.6 Å². The van der Waals surface area contributed by atoms with Crippen LogP contribution in [-0.4, -0.2) is 20.9 Å². The standard InChI is InChI=1S/C19H16F2N4O2/c1-11-8-14(21)6-7-15(11)22-19(26)18-16-10-27-17(9-25(16)24-23-18)12-2-4-13(20)5-3-12/h2-8,17H,9-10H2,1H3,(H,22,26)/t17-/m1/s1. The molecule has 1 atom stereocenters. The molecule has 3 aromatic rings. The third-order valence-electron chi connectivity index (χ3n) is 4.49. The number of hydrogen-bond acceptors (Lipinski definition) is 4. The van der Waals surface area contributed by atoms with Gasteiger partial charge in [0.15, 0.2) is 5.69 Å². The number of aryl methyl sites for hydroxylation is 1. The van der Waals surface area contributed by atoms with Gasteiger partial charge in [0.05, 0.1) is 18.8 Å². The second kappa shape index (κ2) is 6.88. The summed E-state index contributed by atoms with van der Waals surface area (Å²) in [6.07, 6.45) is -0.296. The zero-order valence-corrected chi connectivity index (χ0v) is 14.4. The zero-order valence-electron chi connectivity index (χ0n) is 14.4. The molecule has 2 aromatic carbocycles. The Hall–Kier alpha value is -3.13. The summed E-state index contributed by atoms with van der Waals surface area (Å²) in [7, 11) is 0. The van der Waals surface area contributed by atoms with Crippen LogP contribution in [0.5, 0.6) is 0 Å². The van der Waals surface area contributed by atoms with Gasteiger partial charge < -0.3 is 10.1 Å². The Labute approximate surface area is 153 Å². The average Bonchev–Trinajstić information content (AvgIpc) is 3.08. The number of benzene rings is 2. The van der Waals surface area contributed by atoms with Crippen molar-refractivity contribution < 1.29 is 18.3 Å². The van der Waals surface area contributed by atoms with Crippen LogP contribution >= 0.6 is 0 Å². The van der Waals surface area contributed by atoms with Crippen LogP contribution in [0.1, 0.15) is 33.4 Å². The van der Waals surface area contributed by atoms with Gasteiger partial charge in [-0.3, -0.25) is 4.79 Å². The van der Waals surface area contributed by atoms with E-state index in [-0.39, 0.29) is 30.0 Å². The molecule has 4 rings (SSSR count). The molecule has 1 N–H and O–H groups in total. The molecule has 1 aromatic heterocycles. The number of rotatable bonds is 3. The Bertz CT molecular complexity index is 1000. The number of amides is 1. The molecule has 1 aliphatic rings. The van der Waals surface area contributed by atoms with Crippen molar-refractivity contribution in [2.75, 3.05) is 5.32 Å². The van der Waals surface area contributed by atoms with E-state index in [9.17, 15) is 13.6 Å². The summed E-state index contributed by atoms with van der Waals surface area (Å²) in [6, 6.07) is 10.2. The minimum absolute atomic E-state index is 0.153. The number of carbonyl (C=O) groups excluding carboxylic acids is 1. The molecule has 27 heavy (non-hydrogen) atoms. The minimum atomic E-state index is -0.435. The van der Waals surface area contributed by atoms with Crippen LogP contribution in [-0.2, 0) is 17.9 Å². The number of fused-ring (bicyclic) bond motifs is 1. The topological polar surface area (TPSA) is 69.0 Å². The van der Waals surface area contributed by atoms with Gasteiger partial charge >= 0.3 is 0 Å². The quantitative estimate of drug-likeness (QED) is 0.767. The van der Waals surface area contributed by atoms with Gasteiger partial charge in [-0.2, -0.15) is 0 Å². The number of halogens is 2. The van der Waals surface area contributed by atoms with Gasteiger partial charge in [-0.15, -0.1) is 5.10 Å². The molecule has 1 amide bonds. The first-order chi connectivity index (χ1) is 13.0. The highest BCUT2D eigenvalue weighted by Crippen LogP contribution is 2.27. The van der Waals surface area contributed by atoms with Crippen LogP contribution in [0.2, 0.25) is 0 Å². The second-order valence-corrected chi connectivity index (χ2v) is 6.33. The molecule has 0 aliphatic carbocycles. The minimum Gasteiger partial charge on any atom is -0.365 e. The SMILES string of the molecule is Cc1cc(F)ccc1NC(=O)c1nnn2c1CO[C@@H](c1ccc(F)cc1)C2. The number of nitrogens with zero attached hydrogens (tertiary/aromatic N) is 3. The van der Waals surface area contributed by atoms with Gasteiger partial charge in [0.1, 0.15) is 17.7 Å². The van der Waals surface area contributed by atoms with Gasteiger partial charge in [0.25, 0.3) is 5.91 Å². The lowest BCUT2D eigenvalue weighted by atomic mass is 10.1. The van der Waals surface area contributed by atoms with Gasteiger partial charge in [0, 0.05) is 5.69 Å². The lowest BCUT2D eigenvalue weighted by molar-refractivity contribution is -0.00174. The molecule has 0 saturated heterocycles. The van der Waals surface area contributed by atoms with Crippen molar-refractivity contribution in [2.24, 2.45) is 0 Å². The number of hydrogen-bond donors (Lipinski definition) is 1. The Morgan fingerprint density at radius 3 is 2.67 bits per heavy atom. The molecule has 138 valence electrons. The molecule has 0 radical (unpaired) electrons. The third-order valence-corrected chi connectivity index (χ3v) is 4.49. The van der Waals surface area contributed by atoms with E-state index in [0.717, 1.165) is 5.56 Å². The Balaban J connectivity index is 1.52. The van der Waals surface area contributed by atoms with E-state index >= 15 is 0 Å². The molecule has 0 fully saturated rings. The first-order valence-electron chi connectivity index (χ1n) is 8.38. The maximum Gasteiger partial charge on any atom is 0.278 e. The van der Waals surface area contributed by atoms with Crippen molar-refractivity contribution in [3.8, 4) is 0 Å². The smallest absolute Gasteiger partial charge is 0.278 e. The van der Waals surface area contributed by atoms with E-state index < -0.39 is 5.91 Å². The van der Waals surface area contributed by atoms with E-state index in [4.69, 9.17) is 4.74 Å². The first-order valence-corrected chi connectivity index (χ1v) is 8.38. The maximum absolute atomic E-state index is 13.2. The van der Waals surface area contributed by atoms with E-state index in [1.54, 1.807) is 23.7 Å². The predicted octanol–water partition coefficient (Wildman–Crippen LogP) is 3.39. The van der Waals surface area contributed by atoms with Crippen molar-refractivity contribution >= 4 is 11.6 Å². The molecule has 0 bridgehead atoms. The summed E-state index contributed by atoms with van der Waals surface area (Å²) in [5, 5.41) is 10.7. The van der Waals surface area contributed by atoms with Crippen molar-refractivity contribution in [1.29, 1.82) is 0 Å². The molecule has 0 saturated carbocycles. The molecular weight excluding hydrogens is 354 g/mol. The third kappa shape index (κ3) is 3.43. The fraction of sp³-hybridized carbons (Fsp3) is 0.211. The van der Waals surface area contributed by atoms with Crippen LogP contribution in [0.15, 0.2) is 42.5 Å². The van der Waals surface area contributed by atoms with Crippen molar-refractivity contribution in [2.45, 2.75) is 26.2 Å². The second-order valence-electron chi connectivity index (χ2n) is 6.33.